The van der Waals surface area contributed by atoms with Crippen molar-refractivity contribution in [2.45, 2.75) is 58.2 Å². The molecule has 0 aliphatic rings. The predicted octanol–water partition coefficient (Wildman–Crippen LogP) is 1.97. The first-order valence-electron chi connectivity index (χ1n) is 6.49. The SMILES string of the molecule is CC(C)(N)c1cc(C(C)(C)N)c(O)c(C(C)(C)N)c1. The molecule has 0 aromatic heterocycles. The normalized spacial score (nSPS) is 13.7. The molecule has 0 radical (unpaired) electrons. The minimum absolute atomic E-state index is 0.160. The van der Waals surface area contributed by atoms with E-state index >= 15 is 0 Å². The van der Waals surface area contributed by atoms with E-state index in [0.717, 1.165) is 5.56 Å². The lowest BCUT2D eigenvalue weighted by Crippen LogP contribution is -2.35. The van der Waals surface area contributed by atoms with E-state index < -0.39 is 16.6 Å². The molecule has 0 saturated carbocycles. The van der Waals surface area contributed by atoms with E-state index in [2.05, 4.69) is 0 Å². The fourth-order valence-corrected chi connectivity index (χ4v) is 1.99. The van der Waals surface area contributed by atoms with E-state index in [4.69, 9.17) is 17.2 Å². The zero-order valence-electron chi connectivity index (χ0n) is 12.8. The molecule has 4 heteroatoms. The molecule has 0 atom stereocenters. The smallest absolute Gasteiger partial charge is 0.125 e. The Hall–Kier alpha value is -1.10. The molecule has 19 heavy (non-hydrogen) atoms. The summed E-state index contributed by atoms with van der Waals surface area (Å²) in [5.74, 6) is 0.160. The van der Waals surface area contributed by atoms with Gasteiger partial charge in [0.05, 0.1) is 0 Å². The van der Waals surface area contributed by atoms with E-state index in [0.29, 0.717) is 11.1 Å². The highest BCUT2D eigenvalue weighted by Gasteiger charge is 2.29. The van der Waals surface area contributed by atoms with Crippen LogP contribution in [0.1, 0.15) is 58.2 Å². The molecule has 0 amide bonds. The molecular weight excluding hydrogens is 238 g/mol. The zero-order valence-corrected chi connectivity index (χ0v) is 12.8. The number of phenolic OH excluding ortho intramolecular Hbond substituents is 1. The molecule has 0 aliphatic carbocycles. The summed E-state index contributed by atoms with van der Waals surface area (Å²) in [5.41, 5.74) is 18.8. The van der Waals surface area contributed by atoms with E-state index in [-0.39, 0.29) is 5.75 Å². The van der Waals surface area contributed by atoms with Crippen molar-refractivity contribution in [2.75, 3.05) is 0 Å². The maximum Gasteiger partial charge on any atom is 0.125 e. The molecule has 108 valence electrons. The van der Waals surface area contributed by atoms with Crippen LogP contribution in [-0.2, 0) is 16.6 Å². The standard InChI is InChI=1S/C15H27N3O/c1-13(2,16)9-7-10(14(3,4)17)12(19)11(8-9)15(5,6)18/h7-8,19H,16-18H2,1-6H3. The molecule has 1 rings (SSSR count). The zero-order chi connectivity index (χ0) is 15.2. The van der Waals surface area contributed by atoms with Gasteiger partial charge in [-0.15, -0.1) is 0 Å². The number of benzene rings is 1. The summed E-state index contributed by atoms with van der Waals surface area (Å²) in [6.45, 7) is 11.2. The largest absolute Gasteiger partial charge is 0.507 e. The van der Waals surface area contributed by atoms with Crippen molar-refractivity contribution in [3.05, 3.63) is 28.8 Å². The Morgan fingerprint density at radius 1 is 0.737 bits per heavy atom. The molecule has 1 aromatic carbocycles. The minimum atomic E-state index is -0.661. The van der Waals surface area contributed by atoms with Gasteiger partial charge in [0.2, 0.25) is 0 Å². The summed E-state index contributed by atoms with van der Waals surface area (Å²) < 4.78 is 0. The van der Waals surface area contributed by atoms with Crippen LogP contribution >= 0.6 is 0 Å². The fourth-order valence-electron chi connectivity index (χ4n) is 1.99. The highest BCUT2D eigenvalue weighted by atomic mass is 16.3. The van der Waals surface area contributed by atoms with Crippen LogP contribution in [0.5, 0.6) is 5.75 Å². The number of hydrogen-bond acceptors (Lipinski definition) is 4. The number of aromatic hydroxyl groups is 1. The van der Waals surface area contributed by atoms with Crippen LogP contribution in [0.2, 0.25) is 0 Å². The quantitative estimate of drug-likeness (QED) is 0.671. The molecule has 1 aromatic rings. The number of hydrogen-bond donors (Lipinski definition) is 4. The molecule has 0 fully saturated rings. The maximum atomic E-state index is 10.4. The van der Waals surface area contributed by atoms with Crippen LogP contribution < -0.4 is 17.2 Å². The van der Waals surface area contributed by atoms with Crippen molar-refractivity contribution < 1.29 is 5.11 Å². The number of nitrogens with two attached hydrogens (primary N) is 3. The van der Waals surface area contributed by atoms with Gasteiger partial charge in [-0.1, -0.05) is 0 Å². The maximum absolute atomic E-state index is 10.4. The lowest BCUT2D eigenvalue weighted by molar-refractivity contribution is 0.411. The second-order valence-electron chi connectivity index (χ2n) is 7.09. The topological polar surface area (TPSA) is 98.3 Å². The van der Waals surface area contributed by atoms with E-state index in [9.17, 15) is 5.11 Å². The van der Waals surface area contributed by atoms with Gasteiger partial charge in [0.1, 0.15) is 5.75 Å². The lowest BCUT2D eigenvalue weighted by atomic mass is 9.81. The lowest BCUT2D eigenvalue weighted by Gasteiger charge is -2.30. The first-order valence-corrected chi connectivity index (χ1v) is 6.49. The summed E-state index contributed by atoms with van der Waals surface area (Å²) in [7, 11) is 0. The first-order chi connectivity index (χ1) is 8.24. The number of phenols is 1. The third kappa shape index (κ3) is 3.47. The molecule has 0 spiro atoms. The number of rotatable bonds is 3. The van der Waals surface area contributed by atoms with E-state index in [1.165, 1.54) is 0 Å². The Labute approximate surface area is 116 Å². The van der Waals surface area contributed by atoms with Gasteiger partial charge < -0.3 is 22.3 Å². The third-order valence-corrected chi connectivity index (χ3v) is 3.24. The average molecular weight is 265 g/mol. The van der Waals surface area contributed by atoms with Crippen molar-refractivity contribution in [1.82, 2.24) is 0 Å². The summed E-state index contributed by atoms with van der Waals surface area (Å²) >= 11 is 0. The summed E-state index contributed by atoms with van der Waals surface area (Å²) in [6, 6.07) is 3.73. The molecular formula is C15H27N3O. The van der Waals surface area contributed by atoms with Gasteiger partial charge >= 0.3 is 0 Å². The van der Waals surface area contributed by atoms with Crippen LogP contribution in [0, 0.1) is 0 Å². The van der Waals surface area contributed by atoms with E-state index in [1.54, 1.807) is 0 Å². The van der Waals surface area contributed by atoms with Gasteiger partial charge in [0.25, 0.3) is 0 Å². The average Bonchev–Trinajstić information content (AvgIpc) is 2.11. The monoisotopic (exact) mass is 265 g/mol. The predicted molar refractivity (Wildman–Crippen MR) is 79.7 cm³/mol. The van der Waals surface area contributed by atoms with Gasteiger partial charge in [-0.05, 0) is 59.2 Å². The molecule has 0 unspecified atom stereocenters. The molecule has 0 heterocycles. The van der Waals surface area contributed by atoms with Crippen LogP contribution in [0.3, 0.4) is 0 Å². The van der Waals surface area contributed by atoms with Gasteiger partial charge in [0.15, 0.2) is 0 Å². The second-order valence-corrected chi connectivity index (χ2v) is 7.09. The fraction of sp³-hybridized carbons (Fsp3) is 0.600. The van der Waals surface area contributed by atoms with Gasteiger partial charge in [-0.25, -0.2) is 0 Å². The minimum Gasteiger partial charge on any atom is -0.507 e. The highest BCUT2D eigenvalue weighted by Crippen LogP contribution is 2.38. The van der Waals surface area contributed by atoms with Crippen molar-refractivity contribution in [1.29, 1.82) is 0 Å². The third-order valence-electron chi connectivity index (χ3n) is 3.24. The van der Waals surface area contributed by atoms with Gasteiger partial charge in [-0.2, -0.15) is 0 Å². The molecule has 7 N–H and O–H groups in total. The Morgan fingerprint density at radius 2 is 1.05 bits per heavy atom. The van der Waals surface area contributed by atoms with Crippen LogP contribution in [0.4, 0.5) is 0 Å². The Balaban J connectivity index is 3.68. The summed E-state index contributed by atoms with van der Waals surface area (Å²) in [4.78, 5) is 0. The van der Waals surface area contributed by atoms with Crippen LogP contribution in [0.15, 0.2) is 12.1 Å². The Morgan fingerprint density at radius 3 is 1.26 bits per heavy atom. The Kier molecular flexibility index (Phi) is 3.76. The van der Waals surface area contributed by atoms with Gasteiger partial charge in [-0.3, -0.25) is 0 Å². The van der Waals surface area contributed by atoms with Crippen LogP contribution in [0.25, 0.3) is 0 Å². The second kappa shape index (κ2) is 4.47. The molecule has 0 saturated heterocycles. The Bertz CT molecular complexity index is 439. The molecule has 0 bridgehead atoms. The van der Waals surface area contributed by atoms with Crippen molar-refractivity contribution in [3.63, 3.8) is 0 Å². The first kappa shape index (κ1) is 16.0. The van der Waals surface area contributed by atoms with Crippen molar-refractivity contribution in [2.24, 2.45) is 17.2 Å². The molecule has 4 nitrogen and oxygen atoms in total. The van der Waals surface area contributed by atoms with Crippen molar-refractivity contribution in [3.8, 4) is 5.75 Å². The van der Waals surface area contributed by atoms with E-state index in [1.807, 2.05) is 53.7 Å². The van der Waals surface area contributed by atoms with Gasteiger partial charge in [0, 0.05) is 27.7 Å². The highest BCUT2D eigenvalue weighted by molar-refractivity contribution is 5.50. The van der Waals surface area contributed by atoms with Crippen molar-refractivity contribution >= 4 is 0 Å². The summed E-state index contributed by atoms with van der Waals surface area (Å²) in [5, 5.41) is 10.4. The van der Waals surface area contributed by atoms with Crippen LogP contribution in [-0.4, -0.2) is 5.11 Å². The molecule has 0 aliphatic heterocycles. The summed E-state index contributed by atoms with van der Waals surface area (Å²) in [6.07, 6.45) is 0.